The number of nitrogens with one attached hydrogen (secondary N) is 1. The summed E-state index contributed by atoms with van der Waals surface area (Å²) >= 11 is 0. The quantitative estimate of drug-likeness (QED) is 0.735. The summed E-state index contributed by atoms with van der Waals surface area (Å²) in [7, 11) is -3.63. The summed E-state index contributed by atoms with van der Waals surface area (Å²) in [6.45, 7) is 7.15. The Hall–Kier alpha value is -2.02. The largest absolute Gasteiger partial charge is 0.489 e. The van der Waals surface area contributed by atoms with Crippen LogP contribution in [0, 0.1) is 0 Å². The van der Waals surface area contributed by atoms with Crippen LogP contribution in [0.1, 0.15) is 13.8 Å². The first-order valence-electron chi connectivity index (χ1n) is 6.86. The van der Waals surface area contributed by atoms with Crippen molar-refractivity contribution in [3.8, 4) is 5.75 Å². The van der Waals surface area contributed by atoms with Crippen LogP contribution < -0.4 is 14.4 Å². The fourth-order valence-corrected chi connectivity index (χ4v) is 2.63. The molecule has 1 amide bonds. The molecule has 1 N–H and O–H groups in total. The van der Waals surface area contributed by atoms with Gasteiger partial charge in [0.15, 0.2) is 0 Å². The van der Waals surface area contributed by atoms with Gasteiger partial charge in [-0.25, -0.2) is 8.42 Å². The molecule has 0 unspecified atom stereocenters. The lowest BCUT2D eigenvalue weighted by Gasteiger charge is -2.24. The van der Waals surface area contributed by atoms with Crippen LogP contribution in [0.4, 0.5) is 5.69 Å². The Balaban J connectivity index is 3.13. The highest BCUT2D eigenvalue weighted by Crippen LogP contribution is 2.30. The van der Waals surface area contributed by atoms with E-state index in [1.807, 2.05) is 13.8 Å². The van der Waals surface area contributed by atoms with E-state index in [0.717, 1.165) is 10.6 Å². The van der Waals surface area contributed by atoms with Gasteiger partial charge in [-0.05, 0) is 26.0 Å². The number of benzene rings is 1. The maximum Gasteiger partial charge on any atom is 0.241 e. The molecule has 0 atom stereocenters. The summed E-state index contributed by atoms with van der Waals surface area (Å²) in [5, 5.41) is 2.56. The monoisotopic (exact) mass is 326 g/mol. The zero-order chi connectivity index (χ0) is 16.8. The fraction of sp³-hybridized carbons (Fsp3) is 0.400. The molecule has 1 rings (SSSR count). The van der Waals surface area contributed by atoms with E-state index in [9.17, 15) is 13.2 Å². The average molecular weight is 326 g/mol. The van der Waals surface area contributed by atoms with Crippen LogP contribution >= 0.6 is 0 Å². The van der Waals surface area contributed by atoms with Crippen molar-refractivity contribution in [2.24, 2.45) is 0 Å². The highest BCUT2D eigenvalue weighted by atomic mass is 32.2. The van der Waals surface area contributed by atoms with Crippen molar-refractivity contribution >= 4 is 21.6 Å². The SMILES string of the molecule is C=CCNC(=O)CN(c1ccccc1OC(C)C)S(C)(=O)=O. The second-order valence-electron chi connectivity index (χ2n) is 5.00. The molecule has 0 aliphatic heterocycles. The van der Waals surface area contributed by atoms with Gasteiger partial charge in [0.05, 0.1) is 18.0 Å². The molecule has 0 fully saturated rings. The molecule has 1 aromatic rings. The van der Waals surface area contributed by atoms with Crippen molar-refractivity contribution in [1.29, 1.82) is 0 Å². The fourth-order valence-electron chi connectivity index (χ4n) is 1.77. The minimum atomic E-state index is -3.63. The van der Waals surface area contributed by atoms with Crippen molar-refractivity contribution < 1.29 is 17.9 Å². The number of carbonyl (C=O) groups excluding carboxylic acids is 1. The minimum Gasteiger partial charge on any atom is -0.489 e. The predicted molar refractivity (Wildman–Crippen MR) is 87.6 cm³/mol. The maximum absolute atomic E-state index is 12.0. The summed E-state index contributed by atoms with van der Waals surface area (Å²) in [5.41, 5.74) is 0.340. The van der Waals surface area contributed by atoms with E-state index >= 15 is 0 Å². The first-order chi connectivity index (χ1) is 10.3. The number of anilines is 1. The van der Waals surface area contributed by atoms with Crippen molar-refractivity contribution in [2.45, 2.75) is 20.0 Å². The predicted octanol–water partition coefficient (Wildman–Crippen LogP) is 1.54. The maximum atomic E-state index is 12.0. The van der Waals surface area contributed by atoms with Crippen LogP contribution in [0.3, 0.4) is 0 Å². The lowest BCUT2D eigenvalue weighted by Crippen LogP contribution is -2.40. The Kier molecular flexibility index (Phi) is 6.42. The molecule has 0 bridgehead atoms. The summed E-state index contributed by atoms with van der Waals surface area (Å²) in [6, 6.07) is 6.73. The van der Waals surface area contributed by atoms with Crippen LogP contribution in [0.5, 0.6) is 5.75 Å². The lowest BCUT2D eigenvalue weighted by molar-refractivity contribution is -0.119. The second-order valence-corrected chi connectivity index (χ2v) is 6.90. The van der Waals surface area contributed by atoms with E-state index in [1.54, 1.807) is 24.3 Å². The van der Waals surface area contributed by atoms with E-state index in [1.165, 1.54) is 6.08 Å². The summed E-state index contributed by atoms with van der Waals surface area (Å²) in [5.74, 6) is 0.00382. The van der Waals surface area contributed by atoms with Gasteiger partial charge in [-0.1, -0.05) is 18.2 Å². The van der Waals surface area contributed by atoms with Crippen LogP contribution in [-0.4, -0.2) is 39.8 Å². The van der Waals surface area contributed by atoms with E-state index in [0.29, 0.717) is 11.4 Å². The van der Waals surface area contributed by atoms with Crippen LogP contribution in [0.25, 0.3) is 0 Å². The highest BCUT2D eigenvalue weighted by Gasteiger charge is 2.23. The first-order valence-corrected chi connectivity index (χ1v) is 8.71. The van der Waals surface area contributed by atoms with Crippen molar-refractivity contribution in [3.63, 3.8) is 0 Å². The molecular weight excluding hydrogens is 304 g/mol. The van der Waals surface area contributed by atoms with Crippen molar-refractivity contribution in [3.05, 3.63) is 36.9 Å². The van der Waals surface area contributed by atoms with Crippen LogP contribution in [0.2, 0.25) is 0 Å². The molecule has 0 aromatic heterocycles. The third-order valence-electron chi connectivity index (χ3n) is 2.63. The second kappa shape index (κ2) is 7.84. The van der Waals surface area contributed by atoms with Crippen molar-refractivity contribution in [2.75, 3.05) is 23.7 Å². The molecule has 122 valence electrons. The third-order valence-corrected chi connectivity index (χ3v) is 3.75. The lowest BCUT2D eigenvalue weighted by atomic mass is 10.3. The van der Waals surface area contributed by atoms with E-state index in [2.05, 4.69) is 11.9 Å². The first kappa shape index (κ1) is 18.0. The zero-order valence-electron chi connectivity index (χ0n) is 13.1. The topological polar surface area (TPSA) is 75.7 Å². The molecule has 0 saturated heterocycles. The minimum absolute atomic E-state index is 0.114. The van der Waals surface area contributed by atoms with Gasteiger partial charge in [-0.3, -0.25) is 9.10 Å². The summed E-state index contributed by atoms with van der Waals surface area (Å²) in [6.07, 6.45) is 2.47. The molecule has 0 aliphatic rings. The zero-order valence-corrected chi connectivity index (χ0v) is 13.9. The van der Waals surface area contributed by atoms with Gasteiger partial charge in [0, 0.05) is 6.54 Å². The number of hydrogen-bond acceptors (Lipinski definition) is 4. The molecule has 0 radical (unpaired) electrons. The van der Waals surface area contributed by atoms with Crippen LogP contribution in [-0.2, 0) is 14.8 Å². The van der Waals surface area contributed by atoms with Gasteiger partial charge in [0.1, 0.15) is 12.3 Å². The van der Waals surface area contributed by atoms with Gasteiger partial charge in [-0.15, -0.1) is 6.58 Å². The molecule has 0 saturated carbocycles. The summed E-state index contributed by atoms with van der Waals surface area (Å²) in [4.78, 5) is 11.9. The van der Waals surface area contributed by atoms with Crippen molar-refractivity contribution in [1.82, 2.24) is 5.32 Å². The van der Waals surface area contributed by atoms with Crippen LogP contribution in [0.15, 0.2) is 36.9 Å². The number of amides is 1. The standard InChI is InChI=1S/C15H22N2O4S/c1-5-10-16-15(18)11-17(22(4,19)20)13-8-6-7-9-14(13)21-12(2)3/h5-9,12H,1,10-11H2,2-4H3,(H,16,18). The Labute approximate surface area is 131 Å². The van der Waals surface area contributed by atoms with E-state index < -0.39 is 15.9 Å². The van der Waals surface area contributed by atoms with E-state index in [-0.39, 0.29) is 19.2 Å². The summed E-state index contributed by atoms with van der Waals surface area (Å²) < 4.78 is 30.8. The number of carbonyl (C=O) groups is 1. The van der Waals surface area contributed by atoms with Gasteiger partial charge >= 0.3 is 0 Å². The molecule has 0 spiro atoms. The molecule has 0 aliphatic carbocycles. The molecule has 6 nitrogen and oxygen atoms in total. The average Bonchev–Trinajstić information content (AvgIpc) is 2.41. The molecule has 1 aromatic carbocycles. The Bertz CT molecular complexity index is 626. The number of para-hydroxylation sites is 2. The van der Waals surface area contributed by atoms with Gasteiger partial charge in [-0.2, -0.15) is 0 Å². The normalized spacial score (nSPS) is 11.1. The van der Waals surface area contributed by atoms with E-state index in [4.69, 9.17) is 4.74 Å². The van der Waals surface area contributed by atoms with Gasteiger partial charge in [0.25, 0.3) is 0 Å². The molecule has 0 heterocycles. The Morgan fingerprint density at radius 3 is 2.59 bits per heavy atom. The number of ether oxygens (including phenoxy) is 1. The van der Waals surface area contributed by atoms with Gasteiger partial charge in [0.2, 0.25) is 15.9 Å². The molecule has 22 heavy (non-hydrogen) atoms. The number of sulfonamides is 1. The molecule has 7 heteroatoms. The molecular formula is C15H22N2O4S. The number of nitrogens with zero attached hydrogens (tertiary/aromatic N) is 1. The third kappa shape index (κ3) is 5.40. The number of rotatable bonds is 8. The van der Waals surface area contributed by atoms with Gasteiger partial charge < -0.3 is 10.1 Å². The smallest absolute Gasteiger partial charge is 0.241 e. The number of hydrogen-bond donors (Lipinski definition) is 1. The Morgan fingerprint density at radius 2 is 2.05 bits per heavy atom. The Morgan fingerprint density at radius 1 is 1.41 bits per heavy atom. The highest BCUT2D eigenvalue weighted by molar-refractivity contribution is 7.92.